The van der Waals surface area contributed by atoms with E-state index < -0.39 is 0 Å². The summed E-state index contributed by atoms with van der Waals surface area (Å²) in [5, 5.41) is 3.96. The van der Waals surface area contributed by atoms with Gasteiger partial charge in [0.15, 0.2) is 5.82 Å². The van der Waals surface area contributed by atoms with Crippen LogP contribution in [0.2, 0.25) is 0 Å². The van der Waals surface area contributed by atoms with Gasteiger partial charge in [0, 0.05) is 0 Å². The summed E-state index contributed by atoms with van der Waals surface area (Å²) in [4.78, 5) is 6.63. The fourth-order valence-corrected chi connectivity index (χ4v) is 1.98. The summed E-state index contributed by atoms with van der Waals surface area (Å²) in [5.41, 5.74) is 5.42. The van der Waals surface area contributed by atoms with Crippen molar-refractivity contribution in [2.75, 3.05) is 13.1 Å². The van der Waals surface area contributed by atoms with E-state index >= 15 is 0 Å². The molecule has 2 rings (SSSR count). The van der Waals surface area contributed by atoms with E-state index in [4.69, 9.17) is 10.3 Å². The molecule has 0 radical (unpaired) electrons. The number of nitrogens with two attached hydrogens (primary N) is 1. The molecule has 1 aliphatic heterocycles. The normalized spacial score (nSPS) is 23.1. The molecule has 1 saturated heterocycles. The predicted octanol–water partition coefficient (Wildman–Crippen LogP) is 0.685. The minimum absolute atomic E-state index is 0.325. The maximum atomic E-state index is 5.42. The Labute approximate surface area is 83.3 Å². The van der Waals surface area contributed by atoms with E-state index in [-0.39, 0.29) is 0 Å². The highest BCUT2D eigenvalue weighted by molar-refractivity contribution is 4.97. The largest absolute Gasteiger partial charge is 0.338 e. The zero-order valence-electron chi connectivity index (χ0n) is 8.44. The highest BCUT2D eigenvalue weighted by Gasteiger charge is 2.28. The summed E-state index contributed by atoms with van der Waals surface area (Å²) in [7, 11) is 0. The smallest absolute Gasteiger partial charge is 0.240 e. The molecule has 1 aromatic heterocycles. The van der Waals surface area contributed by atoms with E-state index in [2.05, 4.69) is 22.0 Å². The number of aromatic nitrogens is 2. The summed E-state index contributed by atoms with van der Waals surface area (Å²) in [6.45, 7) is 4.65. The van der Waals surface area contributed by atoms with E-state index in [0.717, 1.165) is 25.3 Å². The highest BCUT2D eigenvalue weighted by Crippen LogP contribution is 2.29. The van der Waals surface area contributed by atoms with E-state index in [0.29, 0.717) is 18.5 Å². The second kappa shape index (κ2) is 4.06. The molecular formula is C9H16N4O. The third-order valence-electron chi connectivity index (χ3n) is 2.73. The summed E-state index contributed by atoms with van der Waals surface area (Å²) in [6.07, 6.45) is 2.34. The van der Waals surface area contributed by atoms with Crippen LogP contribution >= 0.6 is 0 Å². The number of likely N-dealkylation sites (tertiary alicyclic amines) is 1. The standard InChI is InChI=1S/C9H16N4O/c1-2-13-5-3-4-7(13)9-11-8(6-10)14-12-9/h7H,2-6,10H2,1H3. The molecule has 0 bridgehead atoms. The van der Waals surface area contributed by atoms with Crippen molar-refractivity contribution in [2.45, 2.75) is 32.4 Å². The van der Waals surface area contributed by atoms with Gasteiger partial charge in [0.25, 0.3) is 0 Å². The van der Waals surface area contributed by atoms with Gasteiger partial charge >= 0.3 is 0 Å². The van der Waals surface area contributed by atoms with Gasteiger partial charge in [0.1, 0.15) is 0 Å². The summed E-state index contributed by atoms with van der Waals surface area (Å²) < 4.78 is 5.01. The molecular weight excluding hydrogens is 180 g/mol. The first kappa shape index (κ1) is 9.61. The fraction of sp³-hybridized carbons (Fsp3) is 0.778. The number of hydrogen-bond acceptors (Lipinski definition) is 5. The van der Waals surface area contributed by atoms with Crippen LogP contribution in [0.5, 0.6) is 0 Å². The minimum atomic E-state index is 0.325. The Balaban J connectivity index is 2.13. The number of hydrogen-bond donors (Lipinski definition) is 1. The molecule has 5 heteroatoms. The van der Waals surface area contributed by atoms with Crippen LogP contribution in [0.15, 0.2) is 4.52 Å². The molecule has 14 heavy (non-hydrogen) atoms. The first-order valence-corrected chi connectivity index (χ1v) is 5.11. The van der Waals surface area contributed by atoms with Crippen LogP contribution in [0.3, 0.4) is 0 Å². The molecule has 0 amide bonds. The molecule has 0 spiro atoms. The number of rotatable bonds is 3. The third-order valence-corrected chi connectivity index (χ3v) is 2.73. The lowest BCUT2D eigenvalue weighted by atomic mass is 10.2. The van der Waals surface area contributed by atoms with Gasteiger partial charge in [-0.2, -0.15) is 4.98 Å². The van der Waals surface area contributed by atoms with Gasteiger partial charge in [0.05, 0.1) is 12.6 Å². The van der Waals surface area contributed by atoms with Crippen molar-refractivity contribution in [1.29, 1.82) is 0 Å². The zero-order chi connectivity index (χ0) is 9.97. The van der Waals surface area contributed by atoms with Gasteiger partial charge in [-0.15, -0.1) is 0 Å². The predicted molar refractivity (Wildman–Crippen MR) is 51.4 cm³/mol. The monoisotopic (exact) mass is 196 g/mol. The summed E-state index contributed by atoms with van der Waals surface area (Å²) >= 11 is 0. The average Bonchev–Trinajstić information content (AvgIpc) is 2.85. The lowest BCUT2D eigenvalue weighted by molar-refractivity contribution is 0.254. The van der Waals surface area contributed by atoms with Crippen LogP contribution in [0.1, 0.15) is 37.5 Å². The van der Waals surface area contributed by atoms with E-state index in [1.807, 2.05) is 0 Å². The lowest BCUT2D eigenvalue weighted by Crippen LogP contribution is -2.23. The van der Waals surface area contributed by atoms with Crippen molar-refractivity contribution in [1.82, 2.24) is 15.0 Å². The van der Waals surface area contributed by atoms with E-state index in [1.54, 1.807) is 0 Å². The van der Waals surface area contributed by atoms with Crippen LogP contribution < -0.4 is 5.73 Å². The van der Waals surface area contributed by atoms with Crippen molar-refractivity contribution in [3.05, 3.63) is 11.7 Å². The quantitative estimate of drug-likeness (QED) is 0.770. The van der Waals surface area contributed by atoms with Crippen molar-refractivity contribution < 1.29 is 4.52 Å². The molecule has 0 aromatic carbocycles. The molecule has 2 heterocycles. The molecule has 1 atom stereocenters. The molecule has 1 aliphatic rings. The molecule has 5 nitrogen and oxygen atoms in total. The minimum Gasteiger partial charge on any atom is -0.338 e. The Bertz CT molecular complexity index is 299. The van der Waals surface area contributed by atoms with Gasteiger partial charge in [0.2, 0.25) is 5.89 Å². The van der Waals surface area contributed by atoms with Gasteiger partial charge in [-0.1, -0.05) is 12.1 Å². The Kier molecular flexibility index (Phi) is 2.79. The van der Waals surface area contributed by atoms with E-state index in [1.165, 1.54) is 6.42 Å². The van der Waals surface area contributed by atoms with Crippen molar-refractivity contribution >= 4 is 0 Å². The van der Waals surface area contributed by atoms with Gasteiger partial charge in [-0.3, -0.25) is 4.90 Å². The van der Waals surface area contributed by atoms with Crippen LogP contribution in [-0.2, 0) is 6.54 Å². The molecule has 0 saturated carbocycles. The highest BCUT2D eigenvalue weighted by atomic mass is 16.5. The maximum Gasteiger partial charge on any atom is 0.240 e. The lowest BCUT2D eigenvalue weighted by Gasteiger charge is -2.18. The van der Waals surface area contributed by atoms with Crippen molar-refractivity contribution in [2.24, 2.45) is 5.73 Å². The molecule has 2 N–H and O–H groups in total. The van der Waals surface area contributed by atoms with Crippen molar-refractivity contribution in [3.8, 4) is 0 Å². The second-order valence-electron chi connectivity index (χ2n) is 3.54. The topological polar surface area (TPSA) is 68.2 Å². The van der Waals surface area contributed by atoms with Crippen LogP contribution in [0.25, 0.3) is 0 Å². The Morgan fingerprint density at radius 3 is 3.14 bits per heavy atom. The van der Waals surface area contributed by atoms with Crippen molar-refractivity contribution in [3.63, 3.8) is 0 Å². The summed E-state index contributed by atoms with van der Waals surface area (Å²) in [5.74, 6) is 1.33. The fourth-order valence-electron chi connectivity index (χ4n) is 1.98. The van der Waals surface area contributed by atoms with Crippen LogP contribution in [-0.4, -0.2) is 28.1 Å². The molecule has 78 valence electrons. The van der Waals surface area contributed by atoms with Gasteiger partial charge in [-0.05, 0) is 25.9 Å². The SMILES string of the molecule is CCN1CCCC1c1noc(CN)n1. The van der Waals surface area contributed by atoms with Gasteiger partial charge in [-0.25, -0.2) is 0 Å². The maximum absolute atomic E-state index is 5.42. The molecule has 1 unspecified atom stereocenters. The Morgan fingerprint density at radius 2 is 2.50 bits per heavy atom. The summed E-state index contributed by atoms with van der Waals surface area (Å²) in [6, 6.07) is 0.337. The average molecular weight is 196 g/mol. The molecule has 1 fully saturated rings. The molecule has 0 aliphatic carbocycles. The Hall–Kier alpha value is -0.940. The van der Waals surface area contributed by atoms with E-state index in [9.17, 15) is 0 Å². The third kappa shape index (κ3) is 1.65. The first-order chi connectivity index (χ1) is 6.85. The number of nitrogens with zero attached hydrogens (tertiary/aromatic N) is 3. The van der Waals surface area contributed by atoms with Crippen LogP contribution in [0.4, 0.5) is 0 Å². The van der Waals surface area contributed by atoms with Gasteiger partial charge < -0.3 is 10.3 Å². The Morgan fingerprint density at radius 1 is 1.64 bits per heavy atom. The van der Waals surface area contributed by atoms with Crippen LogP contribution in [0, 0.1) is 0 Å². The zero-order valence-corrected chi connectivity index (χ0v) is 8.44. The first-order valence-electron chi connectivity index (χ1n) is 5.11. The second-order valence-corrected chi connectivity index (χ2v) is 3.54. The molecule has 1 aromatic rings.